The van der Waals surface area contributed by atoms with E-state index in [0.717, 1.165) is 28.9 Å². The summed E-state index contributed by atoms with van der Waals surface area (Å²) in [5.41, 5.74) is 5.53. The lowest BCUT2D eigenvalue weighted by Crippen LogP contribution is -2.22. The van der Waals surface area contributed by atoms with Crippen molar-refractivity contribution >= 4 is 28.9 Å². The molecule has 0 spiro atoms. The maximum absolute atomic E-state index is 13.2. The second-order valence-corrected chi connectivity index (χ2v) is 8.69. The van der Waals surface area contributed by atoms with E-state index in [4.69, 9.17) is 4.99 Å². The average molecular weight is 441 g/mol. The van der Waals surface area contributed by atoms with E-state index < -0.39 is 5.92 Å². The Morgan fingerprint density at radius 2 is 1.67 bits per heavy atom. The molecule has 1 unspecified atom stereocenters. The summed E-state index contributed by atoms with van der Waals surface area (Å²) in [6.07, 6.45) is 0. The van der Waals surface area contributed by atoms with Crippen LogP contribution >= 0.6 is 0 Å². The molecule has 1 N–H and O–H groups in total. The number of rotatable bonds is 6. The lowest BCUT2D eigenvalue weighted by molar-refractivity contribution is -0.115. The van der Waals surface area contributed by atoms with E-state index in [1.165, 1.54) is 4.90 Å². The van der Waals surface area contributed by atoms with Crippen LogP contribution in [0.5, 0.6) is 0 Å². The predicted octanol–water partition coefficient (Wildman–Crippen LogP) is 4.31. The van der Waals surface area contributed by atoms with Crippen molar-refractivity contribution in [1.82, 2.24) is 9.80 Å². The Morgan fingerprint density at radius 1 is 0.909 bits per heavy atom. The lowest BCUT2D eigenvalue weighted by atomic mass is 9.90. The average Bonchev–Trinajstić information content (AvgIpc) is 3.12. The molecule has 33 heavy (non-hydrogen) atoms. The second-order valence-electron chi connectivity index (χ2n) is 8.69. The van der Waals surface area contributed by atoms with Crippen molar-refractivity contribution in [3.63, 3.8) is 0 Å². The summed E-state index contributed by atoms with van der Waals surface area (Å²) in [5, 5.41) is 2.96. The van der Waals surface area contributed by atoms with Gasteiger partial charge in [0.05, 0.1) is 11.4 Å². The van der Waals surface area contributed by atoms with Crippen molar-refractivity contribution in [2.45, 2.75) is 12.5 Å². The molecule has 0 saturated carbocycles. The van der Waals surface area contributed by atoms with E-state index >= 15 is 0 Å². The zero-order chi connectivity index (χ0) is 23.5. The SMILES string of the molecule is CN(C)Cc1cccc(N=C(c2ccccc2)C2C(=O)Nc3cc(C(=O)N(C)C)ccc32)c1. The molecule has 168 valence electrons. The first-order valence-corrected chi connectivity index (χ1v) is 10.9. The van der Waals surface area contributed by atoms with Gasteiger partial charge in [0.2, 0.25) is 5.91 Å². The third kappa shape index (κ3) is 4.86. The molecule has 0 fully saturated rings. The molecule has 3 aromatic carbocycles. The summed E-state index contributed by atoms with van der Waals surface area (Å²) in [4.78, 5) is 34.2. The van der Waals surface area contributed by atoms with Crippen molar-refractivity contribution in [1.29, 1.82) is 0 Å². The molecule has 1 atom stereocenters. The standard InChI is InChI=1S/C27H28N4O2/c1-30(2)17-18-9-8-12-21(15-18)28-25(19-10-6-5-7-11-19)24-22-14-13-20(27(33)31(3)4)16-23(22)29-26(24)32/h5-16,24H,17H2,1-4H3,(H,29,32). The van der Waals surface area contributed by atoms with Crippen LogP contribution in [-0.4, -0.2) is 55.5 Å². The highest BCUT2D eigenvalue weighted by Gasteiger charge is 2.36. The highest BCUT2D eigenvalue weighted by molar-refractivity contribution is 6.24. The topological polar surface area (TPSA) is 65.0 Å². The Labute approximate surface area is 194 Å². The monoisotopic (exact) mass is 440 g/mol. The summed E-state index contributed by atoms with van der Waals surface area (Å²) in [7, 11) is 7.48. The van der Waals surface area contributed by atoms with E-state index in [2.05, 4.69) is 22.3 Å². The molecule has 0 bridgehead atoms. The molecule has 3 aromatic rings. The summed E-state index contributed by atoms with van der Waals surface area (Å²) in [5.74, 6) is -0.819. The van der Waals surface area contributed by atoms with Crippen LogP contribution in [-0.2, 0) is 11.3 Å². The Kier molecular flexibility index (Phi) is 6.38. The number of benzene rings is 3. The summed E-state index contributed by atoms with van der Waals surface area (Å²) in [6.45, 7) is 0.805. The number of carbonyl (C=O) groups is 2. The Balaban J connectivity index is 1.80. The first-order valence-electron chi connectivity index (χ1n) is 10.9. The normalized spacial score (nSPS) is 15.4. The molecule has 0 aliphatic carbocycles. The van der Waals surface area contributed by atoms with Gasteiger partial charge in [0.25, 0.3) is 5.91 Å². The number of hydrogen-bond acceptors (Lipinski definition) is 4. The van der Waals surface area contributed by atoms with E-state index in [-0.39, 0.29) is 11.8 Å². The molecule has 1 aliphatic heterocycles. The van der Waals surface area contributed by atoms with Crippen LogP contribution in [0.3, 0.4) is 0 Å². The van der Waals surface area contributed by atoms with Gasteiger partial charge < -0.3 is 15.1 Å². The summed E-state index contributed by atoms with van der Waals surface area (Å²) in [6, 6.07) is 23.2. The maximum atomic E-state index is 13.2. The highest BCUT2D eigenvalue weighted by atomic mass is 16.2. The Hall–Kier alpha value is -3.77. The van der Waals surface area contributed by atoms with Gasteiger partial charge in [0.15, 0.2) is 0 Å². The molecule has 0 aromatic heterocycles. The highest BCUT2D eigenvalue weighted by Crippen LogP contribution is 2.37. The van der Waals surface area contributed by atoms with Gasteiger partial charge in [0, 0.05) is 31.9 Å². The van der Waals surface area contributed by atoms with Crippen molar-refractivity contribution in [3.05, 3.63) is 95.1 Å². The Bertz CT molecular complexity index is 1220. The number of aliphatic imine (C=N–C) groups is 1. The zero-order valence-electron chi connectivity index (χ0n) is 19.4. The number of fused-ring (bicyclic) bond motifs is 1. The minimum absolute atomic E-state index is 0.106. The van der Waals surface area contributed by atoms with Gasteiger partial charge in [-0.05, 0) is 55.1 Å². The molecule has 6 nitrogen and oxygen atoms in total. The number of carbonyl (C=O) groups excluding carboxylic acids is 2. The van der Waals surface area contributed by atoms with Crippen LogP contribution in [0.15, 0.2) is 77.8 Å². The molecule has 4 rings (SSSR count). The summed E-state index contributed by atoms with van der Waals surface area (Å²) < 4.78 is 0. The fourth-order valence-electron chi connectivity index (χ4n) is 4.06. The molecule has 6 heteroatoms. The van der Waals surface area contributed by atoms with Crippen LogP contribution in [0, 0.1) is 0 Å². The zero-order valence-corrected chi connectivity index (χ0v) is 19.4. The van der Waals surface area contributed by atoms with Gasteiger partial charge in [-0.2, -0.15) is 0 Å². The van der Waals surface area contributed by atoms with Crippen molar-refractivity contribution in [3.8, 4) is 0 Å². The number of nitrogens with zero attached hydrogens (tertiary/aromatic N) is 3. The number of anilines is 1. The smallest absolute Gasteiger partial charge is 0.253 e. The quantitative estimate of drug-likeness (QED) is 0.581. The first-order chi connectivity index (χ1) is 15.8. The van der Waals surface area contributed by atoms with E-state index in [9.17, 15) is 9.59 Å². The number of amides is 2. The second kappa shape index (κ2) is 9.38. The molecular weight excluding hydrogens is 412 g/mol. The van der Waals surface area contributed by atoms with Gasteiger partial charge in [-0.15, -0.1) is 0 Å². The fourth-order valence-corrected chi connectivity index (χ4v) is 4.06. The third-order valence-electron chi connectivity index (χ3n) is 5.54. The van der Waals surface area contributed by atoms with Gasteiger partial charge in [0.1, 0.15) is 5.92 Å². The maximum Gasteiger partial charge on any atom is 0.253 e. The lowest BCUT2D eigenvalue weighted by Gasteiger charge is -2.15. The van der Waals surface area contributed by atoms with Crippen molar-refractivity contribution in [2.24, 2.45) is 4.99 Å². The van der Waals surface area contributed by atoms with E-state index in [1.807, 2.05) is 62.6 Å². The fraction of sp³-hybridized carbons (Fsp3) is 0.222. The van der Waals surface area contributed by atoms with E-state index in [1.54, 1.807) is 26.2 Å². The van der Waals surface area contributed by atoms with Gasteiger partial charge in [-0.3, -0.25) is 14.6 Å². The predicted molar refractivity (Wildman–Crippen MR) is 132 cm³/mol. The van der Waals surface area contributed by atoms with Crippen molar-refractivity contribution < 1.29 is 9.59 Å². The minimum atomic E-state index is -0.566. The van der Waals surface area contributed by atoms with Crippen LogP contribution in [0.2, 0.25) is 0 Å². The largest absolute Gasteiger partial charge is 0.345 e. The summed E-state index contributed by atoms with van der Waals surface area (Å²) >= 11 is 0. The van der Waals surface area contributed by atoms with Crippen LogP contribution in [0.25, 0.3) is 0 Å². The van der Waals surface area contributed by atoms with Crippen LogP contribution in [0.1, 0.15) is 33.0 Å². The van der Waals surface area contributed by atoms with E-state index in [0.29, 0.717) is 17.0 Å². The molecule has 1 heterocycles. The van der Waals surface area contributed by atoms with Crippen molar-refractivity contribution in [2.75, 3.05) is 33.5 Å². The molecular formula is C27H28N4O2. The molecule has 0 radical (unpaired) electrons. The number of hydrogen-bond donors (Lipinski definition) is 1. The third-order valence-corrected chi connectivity index (χ3v) is 5.54. The molecule has 0 saturated heterocycles. The van der Waals surface area contributed by atoms with Gasteiger partial charge >= 0.3 is 0 Å². The minimum Gasteiger partial charge on any atom is -0.345 e. The molecule has 1 aliphatic rings. The van der Waals surface area contributed by atoms with Gasteiger partial charge in [-0.1, -0.05) is 48.5 Å². The first kappa shape index (κ1) is 22.4. The number of nitrogens with one attached hydrogen (secondary N) is 1. The molecule has 2 amide bonds. The van der Waals surface area contributed by atoms with Gasteiger partial charge in [-0.25, -0.2) is 0 Å². The van der Waals surface area contributed by atoms with Crippen LogP contribution < -0.4 is 5.32 Å². The Morgan fingerprint density at radius 3 is 2.36 bits per heavy atom. The van der Waals surface area contributed by atoms with Crippen LogP contribution in [0.4, 0.5) is 11.4 Å².